The van der Waals surface area contributed by atoms with Crippen LogP contribution in [0.2, 0.25) is 5.02 Å². The Labute approximate surface area is 78.3 Å². The number of rotatable bonds is 3. The minimum absolute atomic E-state index is 0.752. The lowest BCUT2D eigenvalue weighted by molar-refractivity contribution is 0.414. The maximum absolute atomic E-state index is 6.06. The molecule has 1 aromatic rings. The Kier molecular flexibility index (Phi) is 3.42. The summed E-state index contributed by atoms with van der Waals surface area (Å²) in [4.78, 5) is 0. The molecule has 0 N–H and O–H groups in total. The Morgan fingerprint density at radius 3 is 2.75 bits per heavy atom. The molecule has 0 bridgehead atoms. The van der Waals surface area contributed by atoms with E-state index in [1.165, 1.54) is 5.56 Å². The fourth-order valence-corrected chi connectivity index (χ4v) is 1.47. The third-order valence-electron chi connectivity index (χ3n) is 1.78. The summed E-state index contributed by atoms with van der Waals surface area (Å²) in [6.07, 6.45) is 2.11. The predicted octanol–water partition coefficient (Wildman–Crippen LogP) is 3.30. The molecular weight excluding hydrogens is 172 g/mol. The van der Waals surface area contributed by atoms with E-state index < -0.39 is 0 Å². The Hall–Kier alpha value is -0.690. The molecule has 1 nitrogen and oxygen atoms in total. The third-order valence-corrected chi connectivity index (χ3v) is 2.21. The van der Waals surface area contributed by atoms with Gasteiger partial charge in [0, 0.05) is 0 Å². The van der Waals surface area contributed by atoms with Gasteiger partial charge in [0.05, 0.1) is 12.1 Å². The number of methoxy groups -OCH3 is 1. The number of benzene rings is 1. The molecular formula is C10H13ClO. The van der Waals surface area contributed by atoms with Crippen LogP contribution in [0.25, 0.3) is 0 Å². The van der Waals surface area contributed by atoms with Crippen LogP contribution in [0.4, 0.5) is 0 Å². The monoisotopic (exact) mass is 184 g/mol. The molecule has 0 saturated carbocycles. The van der Waals surface area contributed by atoms with Crippen LogP contribution in [0, 0.1) is 0 Å². The van der Waals surface area contributed by atoms with E-state index in [4.69, 9.17) is 16.3 Å². The van der Waals surface area contributed by atoms with Crippen molar-refractivity contribution < 1.29 is 4.74 Å². The van der Waals surface area contributed by atoms with E-state index in [9.17, 15) is 0 Å². The summed E-state index contributed by atoms with van der Waals surface area (Å²) in [6.45, 7) is 2.13. The molecule has 0 radical (unpaired) electrons. The van der Waals surface area contributed by atoms with Gasteiger partial charge in [0.15, 0.2) is 0 Å². The first-order valence-corrected chi connectivity index (χ1v) is 4.48. The van der Waals surface area contributed by atoms with E-state index in [0.717, 1.165) is 23.6 Å². The highest BCUT2D eigenvalue weighted by Gasteiger charge is 2.04. The van der Waals surface area contributed by atoms with Crippen LogP contribution in [0.3, 0.4) is 0 Å². The summed E-state index contributed by atoms with van der Waals surface area (Å²) in [7, 11) is 1.64. The number of ether oxygens (including phenoxy) is 1. The maximum atomic E-state index is 6.06. The molecule has 1 aromatic carbocycles. The first-order valence-electron chi connectivity index (χ1n) is 4.11. The van der Waals surface area contributed by atoms with E-state index in [1.54, 1.807) is 7.11 Å². The van der Waals surface area contributed by atoms with Gasteiger partial charge in [-0.05, 0) is 18.1 Å². The number of aryl methyl sites for hydroxylation is 1. The minimum atomic E-state index is 0.752. The molecule has 0 fully saturated rings. The molecule has 0 saturated heterocycles. The van der Waals surface area contributed by atoms with Crippen molar-refractivity contribution in [2.24, 2.45) is 0 Å². The first-order chi connectivity index (χ1) is 5.79. The van der Waals surface area contributed by atoms with Crippen molar-refractivity contribution in [3.63, 3.8) is 0 Å². The second-order valence-electron chi connectivity index (χ2n) is 2.68. The number of hydrogen-bond acceptors (Lipinski definition) is 1. The molecule has 0 aliphatic rings. The van der Waals surface area contributed by atoms with Gasteiger partial charge in [-0.1, -0.05) is 37.1 Å². The lowest BCUT2D eigenvalue weighted by Gasteiger charge is -2.06. The van der Waals surface area contributed by atoms with E-state index in [0.29, 0.717) is 0 Å². The van der Waals surface area contributed by atoms with Crippen LogP contribution in [0.1, 0.15) is 18.9 Å². The van der Waals surface area contributed by atoms with Crippen LogP contribution in [-0.4, -0.2) is 7.11 Å². The SMILES string of the molecule is CCCc1cccc(OC)c1Cl. The van der Waals surface area contributed by atoms with E-state index >= 15 is 0 Å². The summed E-state index contributed by atoms with van der Waals surface area (Å²) in [5, 5.41) is 0.752. The highest BCUT2D eigenvalue weighted by atomic mass is 35.5. The predicted molar refractivity (Wildman–Crippen MR) is 52.0 cm³/mol. The molecule has 12 heavy (non-hydrogen) atoms. The molecule has 0 aromatic heterocycles. The first kappa shape index (κ1) is 9.40. The normalized spacial score (nSPS) is 9.92. The Balaban J connectivity index is 2.97. The molecule has 0 amide bonds. The second-order valence-corrected chi connectivity index (χ2v) is 3.06. The minimum Gasteiger partial charge on any atom is -0.495 e. The van der Waals surface area contributed by atoms with Crippen LogP contribution >= 0.6 is 11.6 Å². The second kappa shape index (κ2) is 4.36. The molecule has 0 atom stereocenters. The average Bonchev–Trinajstić information content (AvgIpc) is 2.09. The lowest BCUT2D eigenvalue weighted by atomic mass is 10.1. The summed E-state index contributed by atoms with van der Waals surface area (Å²) in [5.41, 5.74) is 1.17. The van der Waals surface area contributed by atoms with Gasteiger partial charge in [-0.3, -0.25) is 0 Å². The highest BCUT2D eigenvalue weighted by Crippen LogP contribution is 2.28. The van der Waals surface area contributed by atoms with Gasteiger partial charge in [-0.25, -0.2) is 0 Å². The van der Waals surface area contributed by atoms with E-state index in [1.807, 2.05) is 18.2 Å². The molecule has 0 heterocycles. The molecule has 66 valence electrons. The molecule has 0 aliphatic carbocycles. The quantitative estimate of drug-likeness (QED) is 0.701. The van der Waals surface area contributed by atoms with Gasteiger partial charge < -0.3 is 4.74 Å². The Bertz CT molecular complexity index is 258. The fraction of sp³-hybridized carbons (Fsp3) is 0.400. The Morgan fingerprint density at radius 2 is 2.17 bits per heavy atom. The zero-order valence-corrected chi connectivity index (χ0v) is 8.19. The molecule has 0 spiro atoms. The molecule has 0 unspecified atom stereocenters. The summed E-state index contributed by atoms with van der Waals surface area (Å²) >= 11 is 6.06. The van der Waals surface area contributed by atoms with Gasteiger partial charge in [-0.15, -0.1) is 0 Å². The van der Waals surface area contributed by atoms with Crippen molar-refractivity contribution in [1.82, 2.24) is 0 Å². The van der Waals surface area contributed by atoms with E-state index in [2.05, 4.69) is 6.92 Å². The topological polar surface area (TPSA) is 9.23 Å². The third kappa shape index (κ3) is 1.92. The van der Waals surface area contributed by atoms with Gasteiger partial charge in [0.2, 0.25) is 0 Å². The summed E-state index contributed by atoms with van der Waals surface area (Å²) in [6, 6.07) is 5.88. The highest BCUT2D eigenvalue weighted by molar-refractivity contribution is 6.32. The average molecular weight is 185 g/mol. The summed E-state index contributed by atoms with van der Waals surface area (Å²) < 4.78 is 5.10. The van der Waals surface area contributed by atoms with Gasteiger partial charge in [0.1, 0.15) is 5.75 Å². The number of halogens is 1. The number of hydrogen-bond donors (Lipinski definition) is 0. The fourth-order valence-electron chi connectivity index (χ4n) is 1.18. The zero-order valence-electron chi connectivity index (χ0n) is 7.43. The van der Waals surface area contributed by atoms with Crippen LogP contribution in [-0.2, 0) is 6.42 Å². The Morgan fingerprint density at radius 1 is 1.42 bits per heavy atom. The standard InChI is InChI=1S/C10H13ClO/c1-3-5-8-6-4-7-9(12-2)10(8)11/h4,6-7H,3,5H2,1-2H3. The lowest BCUT2D eigenvalue weighted by Crippen LogP contribution is -1.89. The van der Waals surface area contributed by atoms with Crippen molar-refractivity contribution in [1.29, 1.82) is 0 Å². The van der Waals surface area contributed by atoms with E-state index in [-0.39, 0.29) is 0 Å². The maximum Gasteiger partial charge on any atom is 0.137 e. The summed E-state index contributed by atoms with van der Waals surface area (Å²) in [5.74, 6) is 0.766. The molecule has 2 heteroatoms. The van der Waals surface area contributed by atoms with Crippen molar-refractivity contribution in [2.45, 2.75) is 19.8 Å². The van der Waals surface area contributed by atoms with Gasteiger partial charge in [0.25, 0.3) is 0 Å². The van der Waals surface area contributed by atoms with Gasteiger partial charge >= 0.3 is 0 Å². The van der Waals surface area contributed by atoms with Crippen LogP contribution in [0.5, 0.6) is 5.75 Å². The van der Waals surface area contributed by atoms with Crippen LogP contribution in [0.15, 0.2) is 18.2 Å². The van der Waals surface area contributed by atoms with Crippen molar-refractivity contribution >= 4 is 11.6 Å². The largest absolute Gasteiger partial charge is 0.495 e. The zero-order chi connectivity index (χ0) is 8.97. The molecule has 1 rings (SSSR count). The van der Waals surface area contributed by atoms with Crippen LogP contribution < -0.4 is 4.74 Å². The van der Waals surface area contributed by atoms with Crippen molar-refractivity contribution in [2.75, 3.05) is 7.11 Å². The van der Waals surface area contributed by atoms with Gasteiger partial charge in [-0.2, -0.15) is 0 Å². The molecule has 0 aliphatic heterocycles. The smallest absolute Gasteiger partial charge is 0.137 e. The van der Waals surface area contributed by atoms with Crippen molar-refractivity contribution in [3.05, 3.63) is 28.8 Å². The van der Waals surface area contributed by atoms with Crippen molar-refractivity contribution in [3.8, 4) is 5.75 Å².